The number of halogens is 3. The molecule has 0 saturated carbocycles. The summed E-state index contributed by atoms with van der Waals surface area (Å²) in [7, 11) is 9.65. The standard InChI is InChI=1S/2C10H8N2.3ClH.Cr.2H2O/c2*1-3-7-11-9(5-1)10-6-2-4-8-12-10;;;;;;/h2*1-8H;3*1H;;2*1H2/q;;;;;+3;;/p-3. The van der Waals surface area contributed by atoms with Gasteiger partial charge in [-0.2, -0.15) is 0 Å². The van der Waals surface area contributed by atoms with Crippen LogP contribution in [0.15, 0.2) is 97.6 Å². The fourth-order valence-corrected chi connectivity index (χ4v) is 2.06. The van der Waals surface area contributed by atoms with Gasteiger partial charge in [0.05, 0.1) is 22.8 Å². The van der Waals surface area contributed by atoms with Gasteiger partial charge in [0.15, 0.2) is 0 Å². The van der Waals surface area contributed by atoms with Crippen LogP contribution in [0.1, 0.15) is 0 Å². The number of hydrogen-bond acceptors (Lipinski definition) is 4. The van der Waals surface area contributed by atoms with E-state index in [1.54, 1.807) is 24.8 Å². The third-order valence-electron chi connectivity index (χ3n) is 3.18. The summed E-state index contributed by atoms with van der Waals surface area (Å²) in [5, 5.41) is 0. The van der Waals surface area contributed by atoms with Crippen LogP contribution in [0.2, 0.25) is 0 Å². The van der Waals surface area contributed by atoms with Gasteiger partial charge in [-0.15, -0.1) is 0 Å². The molecule has 4 heterocycles. The Labute approximate surface area is 196 Å². The zero-order chi connectivity index (χ0) is 19.2. The molecule has 4 aromatic heterocycles. The largest absolute Gasteiger partial charge is 0.255 e. The summed E-state index contributed by atoms with van der Waals surface area (Å²) in [6, 6.07) is 23.2. The molecule has 10 heteroatoms. The van der Waals surface area contributed by atoms with Crippen LogP contribution in [0.3, 0.4) is 0 Å². The fraction of sp³-hybridized carbons (Fsp3) is 0. The minimum Gasteiger partial charge on any atom is -0.255 e. The Morgan fingerprint density at radius 3 is 0.800 bits per heavy atom. The molecule has 6 nitrogen and oxygen atoms in total. The molecular weight excluding hydrogens is 487 g/mol. The van der Waals surface area contributed by atoms with E-state index >= 15 is 0 Å². The summed E-state index contributed by atoms with van der Waals surface area (Å²) >= 11 is -0.181. The van der Waals surface area contributed by atoms with Gasteiger partial charge in [-0.25, -0.2) is 0 Å². The van der Waals surface area contributed by atoms with Crippen LogP contribution >= 0.6 is 20.1 Å². The molecule has 0 aromatic carbocycles. The second-order valence-corrected chi connectivity index (χ2v) is 7.02. The van der Waals surface area contributed by atoms with E-state index in [0.29, 0.717) is 0 Å². The zero-order valence-electron chi connectivity index (χ0n) is 15.6. The van der Waals surface area contributed by atoms with Crippen LogP contribution in [-0.2, 0) is 13.4 Å². The summed E-state index contributed by atoms with van der Waals surface area (Å²) in [5.41, 5.74) is 3.66. The summed E-state index contributed by atoms with van der Waals surface area (Å²) in [5.74, 6) is 0. The normalized spacial score (nSPS) is 8.20. The Hall–Kier alpha value is -2.08. The van der Waals surface area contributed by atoms with E-state index in [1.807, 2.05) is 72.8 Å². The monoisotopic (exact) mass is 505 g/mol. The number of hydrogen-bond donors (Lipinski definition) is 0. The van der Waals surface area contributed by atoms with Crippen molar-refractivity contribution < 1.29 is 36.7 Å². The van der Waals surface area contributed by atoms with Gasteiger partial charge in [-0.1, -0.05) is 24.3 Å². The molecule has 159 valence electrons. The van der Waals surface area contributed by atoms with E-state index in [-0.39, 0.29) is 36.7 Å². The van der Waals surface area contributed by atoms with Crippen LogP contribution in [0.5, 0.6) is 0 Å². The topological polar surface area (TPSA) is 115 Å². The van der Waals surface area contributed by atoms with E-state index < -0.39 is 0 Å². The van der Waals surface area contributed by atoms with E-state index in [0.717, 1.165) is 22.8 Å². The maximum Gasteiger partial charge on any atom is 0.0886 e. The van der Waals surface area contributed by atoms with Gasteiger partial charge in [0.2, 0.25) is 0 Å². The van der Waals surface area contributed by atoms with Crippen molar-refractivity contribution >= 4 is 20.1 Å². The Morgan fingerprint density at radius 2 is 0.667 bits per heavy atom. The minimum absolute atomic E-state index is 0. The molecule has 30 heavy (non-hydrogen) atoms. The van der Waals surface area contributed by atoms with Crippen LogP contribution in [0.25, 0.3) is 22.8 Å². The number of pyridine rings is 4. The van der Waals surface area contributed by atoms with Gasteiger partial charge in [0.25, 0.3) is 0 Å². The summed E-state index contributed by atoms with van der Waals surface area (Å²) in [4.78, 5) is 16.7. The zero-order valence-corrected chi connectivity index (χ0v) is 19.1. The third-order valence-corrected chi connectivity index (χ3v) is 3.18. The second kappa shape index (κ2) is 18.9. The van der Waals surface area contributed by atoms with Gasteiger partial charge in [0, 0.05) is 24.8 Å². The van der Waals surface area contributed by atoms with Gasteiger partial charge < -0.3 is 23.4 Å². The first-order valence-corrected chi connectivity index (χ1v) is 11.4. The van der Waals surface area contributed by atoms with E-state index in [9.17, 15) is 0 Å². The molecular formula is C20H20Cl3CrN4O2. The molecule has 0 atom stereocenters. The minimum atomic E-state index is -0.181. The van der Waals surface area contributed by atoms with Crippen molar-refractivity contribution in [3.05, 3.63) is 97.6 Å². The van der Waals surface area contributed by atoms with E-state index in [1.165, 1.54) is 0 Å². The van der Waals surface area contributed by atoms with Crippen molar-refractivity contribution in [1.82, 2.24) is 19.9 Å². The molecule has 0 aliphatic rings. The van der Waals surface area contributed by atoms with Crippen molar-refractivity contribution in [2.24, 2.45) is 0 Å². The van der Waals surface area contributed by atoms with Gasteiger partial charge >= 0.3 is 33.5 Å². The molecule has 0 unspecified atom stereocenters. The van der Waals surface area contributed by atoms with Crippen LogP contribution < -0.4 is 12.4 Å². The average Bonchev–Trinajstić information content (AvgIpc) is 2.77. The van der Waals surface area contributed by atoms with E-state index in [2.05, 4.69) is 19.9 Å². The molecule has 0 spiro atoms. The summed E-state index contributed by atoms with van der Waals surface area (Å²) < 4.78 is 0. The molecule has 4 N–H and O–H groups in total. The summed E-state index contributed by atoms with van der Waals surface area (Å²) in [6.45, 7) is 0. The Morgan fingerprint density at radius 1 is 0.467 bits per heavy atom. The first-order chi connectivity index (χ1) is 13.3. The van der Waals surface area contributed by atoms with Crippen LogP contribution in [0, 0.1) is 0 Å². The second-order valence-electron chi connectivity index (χ2n) is 4.92. The molecule has 0 amide bonds. The number of rotatable bonds is 2. The van der Waals surface area contributed by atoms with Gasteiger partial charge in [-0.3, -0.25) is 19.9 Å². The van der Waals surface area contributed by atoms with Gasteiger partial charge in [0.1, 0.15) is 0 Å². The molecule has 4 aromatic rings. The molecule has 0 saturated heterocycles. The first-order valence-electron chi connectivity index (χ1n) is 7.89. The molecule has 0 aliphatic carbocycles. The van der Waals surface area contributed by atoms with Crippen molar-refractivity contribution in [2.75, 3.05) is 0 Å². The van der Waals surface area contributed by atoms with Gasteiger partial charge in [-0.05, 0) is 48.5 Å². The fourth-order valence-electron chi connectivity index (χ4n) is 2.06. The Balaban J connectivity index is 0. The third kappa shape index (κ3) is 11.2. The smallest absolute Gasteiger partial charge is 0.0886 e. The molecule has 0 radical (unpaired) electrons. The first kappa shape index (κ1) is 30.1. The predicted octanol–water partition coefficient (Wildman–Crippen LogP) is 1.02. The van der Waals surface area contributed by atoms with Crippen LogP contribution in [-0.4, -0.2) is 30.9 Å². The SMILES string of the molecule is O.O.[Cl-].[Cl][Cr+][Cl].c1ccc(-c2ccccn2)nc1.c1ccc(-c2ccccn2)nc1. The molecule has 0 fully saturated rings. The van der Waals surface area contributed by atoms with Crippen molar-refractivity contribution in [1.29, 1.82) is 0 Å². The number of nitrogens with zero attached hydrogens (tertiary/aromatic N) is 4. The van der Waals surface area contributed by atoms with Crippen LogP contribution in [0.4, 0.5) is 0 Å². The van der Waals surface area contributed by atoms with Crippen molar-refractivity contribution in [2.45, 2.75) is 0 Å². The van der Waals surface area contributed by atoms with E-state index in [4.69, 9.17) is 20.1 Å². The molecule has 4 rings (SSSR count). The predicted molar refractivity (Wildman–Crippen MR) is 114 cm³/mol. The maximum absolute atomic E-state index is 4.83. The average molecular weight is 507 g/mol. The molecule has 0 bridgehead atoms. The summed E-state index contributed by atoms with van der Waals surface area (Å²) in [6.07, 6.45) is 7.07. The Bertz CT molecular complexity index is 731. The quantitative estimate of drug-likeness (QED) is 0.404. The van der Waals surface area contributed by atoms with Crippen molar-refractivity contribution in [3.8, 4) is 22.8 Å². The Kier molecular flexibility index (Phi) is 19.0. The number of aromatic nitrogens is 4. The molecule has 0 aliphatic heterocycles. The van der Waals surface area contributed by atoms with Crippen molar-refractivity contribution in [3.63, 3.8) is 0 Å². The maximum atomic E-state index is 4.83.